The fraction of sp³-hybridized carbons (Fsp3) is 0.750. The Morgan fingerprint density at radius 1 is 1.30 bits per heavy atom. The van der Waals surface area contributed by atoms with E-state index in [4.69, 9.17) is 0 Å². The van der Waals surface area contributed by atoms with Crippen molar-refractivity contribution in [2.45, 2.75) is 32.6 Å². The van der Waals surface area contributed by atoms with Crippen molar-refractivity contribution in [3.63, 3.8) is 0 Å². The molecule has 0 unspecified atom stereocenters. The van der Waals surface area contributed by atoms with Crippen LogP contribution in [0.5, 0.6) is 0 Å². The molecule has 0 atom stereocenters. The average Bonchev–Trinajstić information content (AvgIpc) is 1.97. The van der Waals surface area contributed by atoms with Crippen molar-refractivity contribution in [2.75, 3.05) is 6.54 Å². The molecule has 0 aromatic rings. The van der Waals surface area contributed by atoms with Crippen molar-refractivity contribution in [2.24, 2.45) is 10.2 Å². The SMILES string of the molecule is C=CN=NCCCCCC. The first-order chi connectivity index (χ1) is 4.91. The van der Waals surface area contributed by atoms with Gasteiger partial charge in [0, 0.05) is 6.20 Å². The van der Waals surface area contributed by atoms with Crippen LogP contribution in [-0.2, 0) is 0 Å². The maximum absolute atomic E-state index is 3.87. The van der Waals surface area contributed by atoms with E-state index >= 15 is 0 Å². The lowest BCUT2D eigenvalue weighted by molar-refractivity contribution is 0.666. The standard InChI is InChI=1S/C8H16N2/c1-3-5-6-7-8-10-9-4-2/h4H,2-3,5-8H2,1H3. The van der Waals surface area contributed by atoms with Gasteiger partial charge in [-0.2, -0.15) is 10.2 Å². The van der Waals surface area contributed by atoms with Gasteiger partial charge in [-0.3, -0.25) is 0 Å². The Bertz CT molecular complexity index is 97.4. The molecule has 0 spiro atoms. The van der Waals surface area contributed by atoms with Crippen molar-refractivity contribution in [1.29, 1.82) is 0 Å². The molecule has 0 aromatic heterocycles. The van der Waals surface area contributed by atoms with Gasteiger partial charge in [0.1, 0.15) is 0 Å². The maximum Gasteiger partial charge on any atom is 0.0603 e. The lowest BCUT2D eigenvalue weighted by atomic mass is 10.2. The molecule has 0 N–H and O–H groups in total. The van der Waals surface area contributed by atoms with Gasteiger partial charge in [-0.15, -0.1) is 0 Å². The van der Waals surface area contributed by atoms with Crippen LogP contribution in [-0.4, -0.2) is 6.54 Å². The lowest BCUT2D eigenvalue weighted by Gasteiger charge is -1.91. The molecule has 0 aromatic carbocycles. The van der Waals surface area contributed by atoms with Crippen molar-refractivity contribution >= 4 is 0 Å². The smallest absolute Gasteiger partial charge is 0.0603 e. The van der Waals surface area contributed by atoms with Crippen LogP contribution >= 0.6 is 0 Å². The minimum Gasteiger partial charge on any atom is -0.189 e. The largest absolute Gasteiger partial charge is 0.189 e. The molecule has 10 heavy (non-hydrogen) atoms. The van der Waals surface area contributed by atoms with Gasteiger partial charge in [-0.05, 0) is 6.42 Å². The summed E-state index contributed by atoms with van der Waals surface area (Å²) >= 11 is 0. The first kappa shape index (κ1) is 9.34. The fourth-order valence-corrected chi connectivity index (χ4v) is 0.725. The summed E-state index contributed by atoms with van der Waals surface area (Å²) in [5.74, 6) is 0. The molecule has 0 saturated heterocycles. The Kier molecular flexibility index (Phi) is 7.79. The molecule has 0 aliphatic rings. The van der Waals surface area contributed by atoms with Crippen LogP contribution in [0, 0.1) is 0 Å². The van der Waals surface area contributed by atoms with Crippen LogP contribution in [0.25, 0.3) is 0 Å². The Morgan fingerprint density at radius 2 is 2.10 bits per heavy atom. The summed E-state index contributed by atoms with van der Waals surface area (Å²) in [7, 11) is 0. The van der Waals surface area contributed by atoms with Crippen LogP contribution in [0.2, 0.25) is 0 Å². The van der Waals surface area contributed by atoms with E-state index in [0.29, 0.717) is 0 Å². The van der Waals surface area contributed by atoms with Gasteiger partial charge in [0.05, 0.1) is 6.54 Å². The molecule has 0 rings (SSSR count). The zero-order chi connectivity index (χ0) is 7.66. The van der Waals surface area contributed by atoms with Gasteiger partial charge in [0.15, 0.2) is 0 Å². The second-order valence-corrected chi connectivity index (χ2v) is 2.22. The Balaban J connectivity index is 2.90. The first-order valence-electron chi connectivity index (χ1n) is 3.89. The highest BCUT2D eigenvalue weighted by Crippen LogP contribution is 1.98. The molecular formula is C8H16N2. The number of hydrogen-bond acceptors (Lipinski definition) is 2. The van der Waals surface area contributed by atoms with E-state index in [9.17, 15) is 0 Å². The molecule has 0 heterocycles. The maximum atomic E-state index is 3.87. The molecule has 2 heteroatoms. The van der Waals surface area contributed by atoms with Gasteiger partial charge in [-0.25, -0.2) is 0 Å². The average molecular weight is 140 g/mol. The molecule has 0 amide bonds. The van der Waals surface area contributed by atoms with E-state index < -0.39 is 0 Å². The van der Waals surface area contributed by atoms with Crippen LogP contribution in [0.4, 0.5) is 0 Å². The summed E-state index contributed by atoms with van der Waals surface area (Å²) in [4.78, 5) is 0. The number of hydrogen-bond donors (Lipinski definition) is 0. The summed E-state index contributed by atoms with van der Waals surface area (Å²) < 4.78 is 0. The highest BCUT2D eigenvalue weighted by molar-refractivity contribution is 4.57. The summed E-state index contributed by atoms with van der Waals surface area (Å²) in [5.41, 5.74) is 0. The first-order valence-corrected chi connectivity index (χ1v) is 3.89. The van der Waals surface area contributed by atoms with Crippen molar-refractivity contribution < 1.29 is 0 Å². The van der Waals surface area contributed by atoms with Crippen molar-refractivity contribution in [3.8, 4) is 0 Å². The Morgan fingerprint density at radius 3 is 2.70 bits per heavy atom. The highest BCUT2D eigenvalue weighted by atomic mass is 15.1. The van der Waals surface area contributed by atoms with Crippen LogP contribution in [0.1, 0.15) is 32.6 Å². The van der Waals surface area contributed by atoms with Crippen molar-refractivity contribution in [3.05, 3.63) is 12.8 Å². The second kappa shape index (κ2) is 8.34. The number of azo groups is 1. The summed E-state index contributed by atoms with van der Waals surface area (Å²) in [6.45, 7) is 6.49. The van der Waals surface area contributed by atoms with E-state index in [1.807, 2.05) is 0 Å². The third-order valence-electron chi connectivity index (χ3n) is 1.27. The lowest BCUT2D eigenvalue weighted by Crippen LogP contribution is -1.79. The van der Waals surface area contributed by atoms with Gasteiger partial charge in [-0.1, -0.05) is 32.8 Å². The molecule has 0 aliphatic heterocycles. The quantitative estimate of drug-likeness (QED) is 0.400. The summed E-state index contributed by atoms with van der Waals surface area (Å²) in [5, 5.41) is 7.53. The van der Waals surface area contributed by atoms with Gasteiger partial charge >= 0.3 is 0 Å². The van der Waals surface area contributed by atoms with E-state index in [1.54, 1.807) is 0 Å². The van der Waals surface area contributed by atoms with Crippen LogP contribution in [0.15, 0.2) is 23.0 Å². The normalized spacial score (nSPS) is 10.5. The Labute approximate surface area is 63.1 Å². The zero-order valence-corrected chi connectivity index (χ0v) is 6.71. The molecule has 0 radical (unpaired) electrons. The van der Waals surface area contributed by atoms with Crippen molar-refractivity contribution in [1.82, 2.24) is 0 Å². The van der Waals surface area contributed by atoms with E-state index in [1.165, 1.54) is 25.5 Å². The van der Waals surface area contributed by atoms with E-state index in [2.05, 4.69) is 23.7 Å². The molecule has 0 fully saturated rings. The monoisotopic (exact) mass is 140 g/mol. The summed E-state index contributed by atoms with van der Waals surface area (Å²) in [6, 6.07) is 0. The summed E-state index contributed by atoms with van der Waals surface area (Å²) in [6.07, 6.45) is 6.49. The molecule has 0 aliphatic carbocycles. The minimum absolute atomic E-state index is 0.853. The molecule has 0 saturated carbocycles. The zero-order valence-electron chi connectivity index (χ0n) is 6.71. The second-order valence-electron chi connectivity index (χ2n) is 2.22. The predicted octanol–water partition coefficient (Wildman–Crippen LogP) is 3.16. The third kappa shape index (κ3) is 7.34. The van der Waals surface area contributed by atoms with E-state index in [0.717, 1.165) is 13.0 Å². The number of nitrogens with zero attached hydrogens (tertiary/aromatic N) is 2. The van der Waals surface area contributed by atoms with Gasteiger partial charge in [0.2, 0.25) is 0 Å². The van der Waals surface area contributed by atoms with Crippen LogP contribution < -0.4 is 0 Å². The number of unbranched alkanes of at least 4 members (excludes halogenated alkanes) is 3. The third-order valence-corrected chi connectivity index (χ3v) is 1.27. The van der Waals surface area contributed by atoms with Gasteiger partial charge in [0.25, 0.3) is 0 Å². The molecule has 2 nitrogen and oxygen atoms in total. The highest BCUT2D eigenvalue weighted by Gasteiger charge is 1.83. The molecular weight excluding hydrogens is 124 g/mol. The molecule has 0 bridgehead atoms. The number of rotatable bonds is 6. The van der Waals surface area contributed by atoms with E-state index in [-0.39, 0.29) is 0 Å². The predicted molar refractivity (Wildman–Crippen MR) is 44.1 cm³/mol. The fourth-order valence-electron chi connectivity index (χ4n) is 0.725. The Hall–Kier alpha value is -0.660. The topological polar surface area (TPSA) is 24.7 Å². The van der Waals surface area contributed by atoms with Crippen LogP contribution in [0.3, 0.4) is 0 Å². The molecule has 58 valence electrons. The minimum atomic E-state index is 0.853. The van der Waals surface area contributed by atoms with Gasteiger partial charge < -0.3 is 0 Å².